The van der Waals surface area contributed by atoms with Gasteiger partial charge in [-0.2, -0.15) is 8.42 Å². The van der Waals surface area contributed by atoms with Gasteiger partial charge in [-0.25, -0.2) is 0 Å². The number of hydrogen-bond donors (Lipinski definition) is 2. The molecule has 0 rings (SSSR count). The monoisotopic (exact) mass is 208 g/mol. The molecule has 0 spiro atoms. The third-order valence-corrected chi connectivity index (χ3v) is 0. The zero-order chi connectivity index (χ0) is 4.50. The van der Waals surface area contributed by atoms with Crippen molar-refractivity contribution in [1.82, 2.24) is 0 Å². The Morgan fingerprint density at radius 2 is 0.889 bits per heavy atom. The van der Waals surface area contributed by atoms with Gasteiger partial charge in [0.25, 0.3) is 0 Å². The summed E-state index contributed by atoms with van der Waals surface area (Å²) in [6.45, 7) is 0. The van der Waals surface area contributed by atoms with E-state index >= 15 is 0 Å². The molecule has 0 heterocycles. The molecule has 64 valence electrons. The van der Waals surface area contributed by atoms with E-state index in [0.29, 0.717) is 0 Å². The van der Waals surface area contributed by atoms with Gasteiger partial charge in [0, 0.05) is 17.1 Å². The molecule has 7 nitrogen and oxygen atoms in total. The topological polar surface area (TPSA) is 169 Å². The van der Waals surface area contributed by atoms with Crippen LogP contribution in [0.1, 0.15) is 0 Å². The van der Waals surface area contributed by atoms with Crippen LogP contribution in [0.2, 0.25) is 0 Å². The Morgan fingerprint density at radius 3 is 0.889 bits per heavy atom. The minimum atomic E-state index is -4.67. The van der Waals surface area contributed by atoms with E-state index in [2.05, 4.69) is 0 Å². The fourth-order valence-electron chi connectivity index (χ4n) is 0. The molecule has 9 heavy (non-hydrogen) atoms. The molecular formula is H8FeO7S. The molecule has 0 radical (unpaired) electrons. The van der Waals surface area contributed by atoms with Crippen LogP contribution in [0.4, 0.5) is 0 Å². The molecule has 0 saturated heterocycles. The molecule has 0 amide bonds. The first-order chi connectivity index (χ1) is 2.00. The number of rotatable bonds is 0. The van der Waals surface area contributed by atoms with Crippen molar-refractivity contribution in [3.8, 4) is 0 Å². The Bertz CT molecular complexity index is 92.1. The largest absolute Gasteiger partial charge is 0.412 e. The van der Waals surface area contributed by atoms with E-state index in [0.717, 1.165) is 0 Å². The van der Waals surface area contributed by atoms with Crippen LogP contribution in [0.15, 0.2) is 0 Å². The minimum Gasteiger partial charge on any atom is -0.412 e. The molecule has 0 saturated carbocycles. The summed E-state index contributed by atoms with van der Waals surface area (Å²) in [5.74, 6) is 0. The van der Waals surface area contributed by atoms with Gasteiger partial charge in [-0.15, -0.1) is 0 Å². The van der Waals surface area contributed by atoms with Crippen LogP contribution in [0.25, 0.3) is 0 Å². The van der Waals surface area contributed by atoms with Crippen LogP contribution >= 0.6 is 0 Å². The van der Waals surface area contributed by atoms with E-state index < -0.39 is 10.4 Å². The summed E-state index contributed by atoms with van der Waals surface area (Å²) in [5.41, 5.74) is 0. The Hall–Kier alpha value is 0.269. The van der Waals surface area contributed by atoms with Crippen molar-refractivity contribution in [2.45, 2.75) is 0 Å². The second-order valence-corrected chi connectivity index (χ2v) is 1.34. The van der Waals surface area contributed by atoms with Gasteiger partial charge in [0.15, 0.2) is 0 Å². The van der Waals surface area contributed by atoms with Crippen molar-refractivity contribution in [1.29, 1.82) is 0 Å². The fraction of sp³-hybridized carbons (Fsp3) is 0. The van der Waals surface area contributed by atoms with Crippen molar-refractivity contribution >= 4 is 10.4 Å². The van der Waals surface area contributed by atoms with Gasteiger partial charge in [0.05, 0.1) is 0 Å². The third kappa shape index (κ3) is 4480. The molecule has 0 atom stereocenters. The van der Waals surface area contributed by atoms with Crippen LogP contribution in [0.3, 0.4) is 0 Å². The molecule has 0 aromatic heterocycles. The average Bonchev–Trinajstić information content (AvgIpc) is 0.722. The molecule has 9 heteroatoms. The van der Waals surface area contributed by atoms with E-state index in [1.54, 1.807) is 0 Å². The molecule has 0 aliphatic carbocycles. The van der Waals surface area contributed by atoms with Gasteiger partial charge in [0.1, 0.15) is 0 Å². The van der Waals surface area contributed by atoms with E-state index in [1.807, 2.05) is 0 Å². The predicted octanol–water partition coefficient (Wildman–Crippen LogP) is -3.13. The van der Waals surface area contributed by atoms with Gasteiger partial charge in [-0.3, -0.25) is 9.11 Å². The minimum absolute atomic E-state index is 0. The van der Waals surface area contributed by atoms with Gasteiger partial charge in [-0.1, -0.05) is 0 Å². The van der Waals surface area contributed by atoms with Gasteiger partial charge < -0.3 is 16.4 Å². The zero-order valence-corrected chi connectivity index (χ0v) is 5.89. The first kappa shape index (κ1) is 34.8. The summed E-state index contributed by atoms with van der Waals surface area (Å²) in [4.78, 5) is 0. The van der Waals surface area contributed by atoms with Crippen LogP contribution in [0, 0.1) is 0 Å². The molecule has 0 aromatic carbocycles. The Balaban J connectivity index is -0.0000000133. The van der Waals surface area contributed by atoms with E-state index in [1.165, 1.54) is 0 Å². The zero-order valence-electron chi connectivity index (χ0n) is 3.97. The predicted molar refractivity (Wildman–Crippen MR) is 25.0 cm³/mol. The van der Waals surface area contributed by atoms with Crippen molar-refractivity contribution in [2.24, 2.45) is 0 Å². The SMILES string of the molecule is O.O.O.O=S(=O)(O)O.[Fe]. The molecule has 0 aromatic rings. The molecule has 0 unspecified atom stereocenters. The number of hydrogen-bond acceptors (Lipinski definition) is 2. The molecule has 0 aliphatic rings. The molecule has 0 fully saturated rings. The van der Waals surface area contributed by atoms with Crippen LogP contribution in [0.5, 0.6) is 0 Å². The summed E-state index contributed by atoms with van der Waals surface area (Å²) in [7, 11) is -4.67. The first-order valence-electron chi connectivity index (χ1n) is 0.698. The molecule has 8 N–H and O–H groups in total. The second kappa shape index (κ2) is 11.1. The van der Waals surface area contributed by atoms with Crippen LogP contribution < -0.4 is 0 Å². The Labute approximate surface area is 62.0 Å². The maximum absolute atomic E-state index is 8.74. The van der Waals surface area contributed by atoms with E-state index in [9.17, 15) is 0 Å². The quantitative estimate of drug-likeness (QED) is 0.317. The standard InChI is InChI=1S/Fe.H2O4S.3H2O/c;1-5(2,3)4;;;/h;(H2,1,2,3,4);3*1H2. The smallest absolute Gasteiger partial charge is 0.394 e. The Morgan fingerprint density at radius 1 is 0.889 bits per heavy atom. The van der Waals surface area contributed by atoms with Crippen molar-refractivity contribution in [3.63, 3.8) is 0 Å². The van der Waals surface area contributed by atoms with E-state index in [4.69, 9.17) is 17.5 Å². The maximum Gasteiger partial charge on any atom is 0.394 e. The van der Waals surface area contributed by atoms with Crippen LogP contribution in [-0.4, -0.2) is 34.0 Å². The second-order valence-electron chi connectivity index (χ2n) is 0.448. The fourth-order valence-corrected chi connectivity index (χ4v) is 0. The molecule has 0 bridgehead atoms. The summed E-state index contributed by atoms with van der Waals surface area (Å²) in [5, 5.41) is 0. The summed E-state index contributed by atoms with van der Waals surface area (Å²) in [6.07, 6.45) is 0. The van der Waals surface area contributed by atoms with Crippen molar-refractivity contribution in [3.05, 3.63) is 0 Å². The van der Waals surface area contributed by atoms with Crippen molar-refractivity contribution < 1.29 is 51.0 Å². The third-order valence-electron chi connectivity index (χ3n) is 0. The van der Waals surface area contributed by atoms with E-state index in [-0.39, 0.29) is 33.5 Å². The first-order valence-corrected chi connectivity index (χ1v) is 2.10. The average molecular weight is 208 g/mol. The van der Waals surface area contributed by atoms with Gasteiger partial charge in [0.2, 0.25) is 0 Å². The maximum atomic E-state index is 8.74. The van der Waals surface area contributed by atoms with Gasteiger partial charge in [-0.05, 0) is 0 Å². The molecule has 0 aliphatic heterocycles. The summed E-state index contributed by atoms with van der Waals surface area (Å²) in [6, 6.07) is 0. The van der Waals surface area contributed by atoms with Gasteiger partial charge >= 0.3 is 10.4 Å². The summed E-state index contributed by atoms with van der Waals surface area (Å²) < 4.78 is 31.6. The summed E-state index contributed by atoms with van der Waals surface area (Å²) >= 11 is 0. The molecular weight excluding hydrogens is 200 g/mol. The Kier molecular flexibility index (Phi) is 43.0. The van der Waals surface area contributed by atoms with Crippen molar-refractivity contribution in [2.75, 3.05) is 0 Å². The normalized spacial score (nSPS) is 6.44. The van der Waals surface area contributed by atoms with Crippen LogP contribution in [-0.2, 0) is 27.5 Å².